The zero-order valence-corrected chi connectivity index (χ0v) is 24.6. The van der Waals surface area contributed by atoms with Gasteiger partial charge in [0.05, 0.1) is 0 Å². The fourth-order valence-corrected chi connectivity index (χ4v) is 2.98. The van der Waals surface area contributed by atoms with Crippen LogP contribution in [-0.4, -0.2) is 24.8 Å². The fraction of sp³-hybridized carbons (Fsp3) is 0.118. The van der Waals surface area contributed by atoms with Gasteiger partial charge in [0.1, 0.15) is 0 Å². The van der Waals surface area contributed by atoms with Crippen molar-refractivity contribution in [2.24, 2.45) is 0 Å². The number of benzene rings is 4. The van der Waals surface area contributed by atoms with Crippen molar-refractivity contribution in [1.82, 2.24) is 0 Å². The smallest absolute Gasteiger partial charge is 0.872 e. The van der Waals surface area contributed by atoms with Gasteiger partial charge in [-0.3, -0.25) is 9.59 Å². The van der Waals surface area contributed by atoms with Crippen LogP contribution >= 0.6 is 0 Å². The number of ketones is 2. The van der Waals surface area contributed by atoms with Crippen molar-refractivity contribution in [2.75, 3.05) is 13.2 Å². The standard InChI is InChI=1S/2C15H12O2.2C2H5O.Ti/c2*16-14(12-7-3-1-4-8-12)11-15(17)13-9-5-2-6-10-13;2*1-2-3;/h2*1-11,16H;2*2H2,1H3;/q;;2*-1;+4/p-2/b2*14-11-;;;. The van der Waals surface area contributed by atoms with Gasteiger partial charge in [0.25, 0.3) is 0 Å². The third-order valence-corrected chi connectivity index (χ3v) is 4.76. The van der Waals surface area contributed by atoms with Gasteiger partial charge in [0, 0.05) is 11.1 Å². The van der Waals surface area contributed by atoms with E-state index in [1.54, 1.807) is 111 Å². The molecule has 4 aromatic rings. The third kappa shape index (κ3) is 15.3. The molecule has 0 spiro atoms. The molecular formula is C34H32O6Ti. The Hall–Kier alpha value is -4.07. The summed E-state index contributed by atoms with van der Waals surface area (Å²) in [4.78, 5) is 23.5. The summed E-state index contributed by atoms with van der Waals surface area (Å²) in [7, 11) is 0. The minimum absolute atomic E-state index is 0. The van der Waals surface area contributed by atoms with Crippen molar-refractivity contribution in [2.45, 2.75) is 13.8 Å². The molecule has 0 saturated heterocycles. The van der Waals surface area contributed by atoms with Gasteiger partial charge in [-0.25, -0.2) is 0 Å². The van der Waals surface area contributed by atoms with Gasteiger partial charge >= 0.3 is 21.7 Å². The molecule has 41 heavy (non-hydrogen) atoms. The number of carbonyl (C=O) groups excluding carboxylic acids is 2. The number of hydrogen-bond acceptors (Lipinski definition) is 6. The van der Waals surface area contributed by atoms with Gasteiger partial charge in [-0.1, -0.05) is 147 Å². The summed E-state index contributed by atoms with van der Waals surface area (Å²) in [5.74, 6) is -1.06. The maximum atomic E-state index is 11.8. The minimum atomic E-state index is -0.264. The molecule has 0 bridgehead atoms. The van der Waals surface area contributed by atoms with Crippen LogP contribution in [0.25, 0.3) is 11.5 Å². The van der Waals surface area contributed by atoms with E-state index >= 15 is 0 Å². The third-order valence-electron chi connectivity index (χ3n) is 4.76. The Balaban J connectivity index is 0.000000642. The van der Waals surface area contributed by atoms with E-state index in [9.17, 15) is 19.8 Å². The van der Waals surface area contributed by atoms with Crippen LogP contribution in [0.15, 0.2) is 133 Å². The number of rotatable bonds is 6. The average Bonchev–Trinajstić information content (AvgIpc) is 3.00. The maximum Gasteiger partial charge on any atom is 4.00 e. The second-order valence-electron chi connectivity index (χ2n) is 7.79. The molecule has 0 aliphatic rings. The van der Waals surface area contributed by atoms with Gasteiger partial charge in [-0.15, -0.1) is 13.2 Å². The van der Waals surface area contributed by atoms with Crippen LogP contribution in [0.2, 0.25) is 0 Å². The molecule has 4 rings (SSSR count). The zero-order chi connectivity index (χ0) is 29.6. The first-order chi connectivity index (χ1) is 19.4. The molecule has 0 aliphatic heterocycles. The molecule has 0 saturated carbocycles. The molecule has 0 amide bonds. The summed E-state index contributed by atoms with van der Waals surface area (Å²) in [6, 6.07) is 35.0. The first kappa shape index (κ1) is 36.9. The predicted molar refractivity (Wildman–Crippen MR) is 151 cm³/mol. The van der Waals surface area contributed by atoms with E-state index in [0.717, 1.165) is 12.2 Å². The molecule has 208 valence electrons. The van der Waals surface area contributed by atoms with Gasteiger partial charge in [0.2, 0.25) is 0 Å². The second kappa shape index (κ2) is 22.7. The Morgan fingerprint density at radius 2 is 0.683 bits per heavy atom. The molecule has 0 unspecified atom stereocenters. The molecule has 6 nitrogen and oxygen atoms in total. The first-order valence-electron chi connectivity index (χ1n) is 12.6. The number of carbonyl (C=O) groups is 2. The Morgan fingerprint density at radius 1 is 0.488 bits per heavy atom. The molecule has 7 heteroatoms. The Bertz CT molecular complexity index is 1200. The summed E-state index contributed by atoms with van der Waals surface area (Å²) in [6.45, 7) is 3.14. The fourth-order valence-electron chi connectivity index (χ4n) is 2.98. The van der Waals surface area contributed by atoms with Crippen LogP contribution in [0, 0.1) is 0 Å². The quantitative estimate of drug-likeness (QED) is 0.148. The Morgan fingerprint density at radius 3 is 0.902 bits per heavy atom. The molecule has 0 radical (unpaired) electrons. The van der Waals surface area contributed by atoms with Gasteiger partial charge in [-0.2, -0.15) is 0 Å². The van der Waals surface area contributed by atoms with Crippen LogP contribution in [0.4, 0.5) is 0 Å². The van der Waals surface area contributed by atoms with E-state index in [0.29, 0.717) is 22.3 Å². The number of allylic oxidation sites excluding steroid dienone is 2. The molecule has 4 aromatic carbocycles. The van der Waals surface area contributed by atoms with Crippen molar-refractivity contribution >= 4 is 23.1 Å². The molecule has 0 heterocycles. The number of hydrogen-bond donors (Lipinski definition) is 0. The van der Waals surface area contributed by atoms with E-state index in [2.05, 4.69) is 0 Å². The normalized spacial score (nSPS) is 10.1. The molecule has 0 aliphatic carbocycles. The minimum Gasteiger partial charge on any atom is -0.872 e. The maximum absolute atomic E-state index is 11.8. The summed E-state index contributed by atoms with van der Waals surface area (Å²) < 4.78 is 0. The van der Waals surface area contributed by atoms with Crippen LogP contribution < -0.4 is 20.4 Å². The summed E-state index contributed by atoms with van der Waals surface area (Å²) >= 11 is 0. The van der Waals surface area contributed by atoms with Crippen LogP contribution in [-0.2, 0) is 21.7 Å². The van der Waals surface area contributed by atoms with Crippen molar-refractivity contribution in [3.05, 3.63) is 156 Å². The van der Waals surface area contributed by atoms with Gasteiger partial charge in [0.15, 0.2) is 11.6 Å². The zero-order valence-electron chi connectivity index (χ0n) is 23.1. The Kier molecular flexibility index (Phi) is 20.5. The van der Waals surface area contributed by atoms with E-state index < -0.39 is 0 Å². The Labute approximate surface area is 256 Å². The first-order valence-corrected chi connectivity index (χ1v) is 12.6. The SMILES string of the molecule is CC[O-].CC[O-].O=C(/C=C(\[O-])c1ccccc1)c1ccccc1.O=C(/C=C(\[O-])c1ccccc1)c1ccccc1.[Ti+4]. The topological polar surface area (TPSA) is 126 Å². The van der Waals surface area contributed by atoms with Crippen molar-refractivity contribution in [3.8, 4) is 0 Å². The van der Waals surface area contributed by atoms with Gasteiger partial charge < -0.3 is 20.4 Å². The van der Waals surface area contributed by atoms with Crippen LogP contribution in [0.5, 0.6) is 0 Å². The molecular weight excluding hydrogens is 552 g/mol. The second-order valence-corrected chi connectivity index (χ2v) is 7.79. The molecule has 0 fully saturated rings. The monoisotopic (exact) mass is 584 g/mol. The van der Waals surface area contributed by atoms with E-state index in [-0.39, 0.29) is 58.0 Å². The molecule has 0 N–H and O–H groups in total. The summed E-state index contributed by atoms with van der Waals surface area (Å²) in [6.07, 6.45) is 2.26. The van der Waals surface area contributed by atoms with Crippen molar-refractivity contribution in [3.63, 3.8) is 0 Å². The van der Waals surface area contributed by atoms with Crippen molar-refractivity contribution in [1.29, 1.82) is 0 Å². The van der Waals surface area contributed by atoms with E-state index in [1.165, 1.54) is 0 Å². The predicted octanol–water partition coefficient (Wildman–Crippen LogP) is 3.27. The van der Waals surface area contributed by atoms with Crippen LogP contribution in [0.3, 0.4) is 0 Å². The summed E-state index contributed by atoms with van der Waals surface area (Å²) in [5, 5.41) is 41.4. The summed E-state index contributed by atoms with van der Waals surface area (Å²) in [5.41, 5.74) is 2.10. The largest absolute Gasteiger partial charge is 4.00 e. The van der Waals surface area contributed by atoms with Gasteiger partial charge in [-0.05, 0) is 23.3 Å². The molecule has 0 aromatic heterocycles. The van der Waals surface area contributed by atoms with E-state index in [1.807, 2.05) is 24.3 Å². The van der Waals surface area contributed by atoms with Crippen LogP contribution in [0.1, 0.15) is 45.7 Å². The average molecular weight is 584 g/mol. The van der Waals surface area contributed by atoms with E-state index in [4.69, 9.17) is 10.2 Å². The molecule has 0 atom stereocenters. The van der Waals surface area contributed by atoms with Crippen molar-refractivity contribution < 1.29 is 51.7 Å².